The van der Waals surface area contributed by atoms with E-state index in [9.17, 15) is 4.79 Å². The molecule has 2 nitrogen and oxygen atoms in total. The summed E-state index contributed by atoms with van der Waals surface area (Å²) in [4.78, 5) is 10.9. The third-order valence-electron chi connectivity index (χ3n) is 2.75. The van der Waals surface area contributed by atoms with Gasteiger partial charge in [-0.25, -0.2) is 0 Å². The number of carbonyl (C=O) groups is 1. The zero-order chi connectivity index (χ0) is 8.65. The molecule has 1 amide bonds. The van der Waals surface area contributed by atoms with E-state index in [1.165, 1.54) is 0 Å². The van der Waals surface area contributed by atoms with Crippen molar-refractivity contribution in [3.63, 3.8) is 0 Å². The third-order valence-corrected chi connectivity index (χ3v) is 2.75. The predicted octanol–water partition coefficient (Wildman–Crippen LogP) is 1.54. The molecule has 11 heavy (non-hydrogen) atoms. The van der Waals surface area contributed by atoms with Crippen LogP contribution < -0.4 is 5.73 Å². The maximum atomic E-state index is 10.9. The highest BCUT2D eigenvalue weighted by molar-refractivity contribution is 5.77. The fraction of sp³-hybridized carbons (Fsp3) is 0.889. The maximum absolute atomic E-state index is 10.9. The van der Waals surface area contributed by atoms with Gasteiger partial charge >= 0.3 is 0 Å². The molecule has 1 fully saturated rings. The van der Waals surface area contributed by atoms with Crippen LogP contribution in [0.2, 0.25) is 0 Å². The van der Waals surface area contributed by atoms with Crippen LogP contribution in [0.4, 0.5) is 0 Å². The Kier molecular flexibility index (Phi) is 1.95. The molecule has 0 spiro atoms. The summed E-state index contributed by atoms with van der Waals surface area (Å²) in [5.74, 6) is 0.547. The van der Waals surface area contributed by atoms with Gasteiger partial charge in [0.05, 0.1) is 0 Å². The van der Waals surface area contributed by atoms with Gasteiger partial charge in [0.25, 0.3) is 0 Å². The molecule has 1 rings (SSSR count). The van der Waals surface area contributed by atoms with Gasteiger partial charge in [-0.2, -0.15) is 0 Å². The highest BCUT2D eigenvalue weighted by Crippen LogP contribution is 2.45. The zero-order valence-corrected chi connectivity index (χ0v) is 7.55. The molecular formula is C9H17NO. The van der Waals surface area contributed by atoms with Gasteiger partial charge in [0.1, 0.15) is 0 Å². The lowest BCUT2D eigenvalue weighted by Crippen LogP contribution is -2.43. The molecule has 2 atom stereocenters. The molecule has 0 radical (unpaired) electrons. The van der Waals surface area contributed by atoms with Gasteiger partial charge in [0.2, 0.25) is 5.91 Å². The fourth-order valence-corrected chi connectivity index (χ4v) is 1.88. The zero-order valence-electron chi connectivity index (χ0n) is 7.55. The van der Waals surface area contributed by atoms with Gasteiger partial charge in [0, 0.05) is 5.92 Å². The molecule has 64 valence electrons. The van der Waals surface area contributed by atoms with Crippen molar-refractivity contribution in [3.05, 3.63) is 0 Å². The molecule has 0 heterocycles. The topological polar surface area (TPSA) is 43.1 Å². The number of carbonyl (C=O) groups excluding carboxylic acids is 1. The van der Waals surface area contributed by atoms with Crippen molar-refractivity contribution in [2.24, 2.45) is 23.0 Å². The summed E-state index contributed by atoms with van der Waals surface area (Å²) >= 11 is 0. The standard InChI is InChI=1S/C9H17NO/c1-9(2,3)7-5-4-6(7)8(10)11/h6-7H,4-5H2,1-3H3,(H2,10,11)/t6-,7?/m1/s1. The van der Waals surface area contributed by atoms with Crippen LogP contribution in [0, 0.1) is 17.3 Å². The third kappa shape index (κ3) is 1.55. The molecule has 1 aliphatic rings. The number of nitrogens with two attached hydrogens (primary N) is 1. The van der Waals surface area contributed by atoms with Gasteiger partial charge in [0.15, 0.2) is 0 Å². The Morgan fingerprint density at radius 1 is 1.36 bits per heavy atom. The summed E-state index contributed by atoms with van der Waals surface area (Å²) in [5, 5.41) is 0. The molecule has 1 unspecified atom stereocenters. The van der Waals surface area contributed by atoms with Gasteiger partial charge in [-0.15, -0.1) is 0 Å². The predicted molar refractivity (Wildman–Crippen MR) is 44.9 cm³/mol. The lowest BCUT2D eigenvalue weighted by atomic mass is 9.61. The van der Waals surface area contributed by atoms with E-state index in [1.807, 2.05) is 0 Å². The van der Waals surface area contributed by atoms with E-state index in [2.05, 4.69) is 20.8 Å². The molecule has 0 aromatic heterocycles. The van der Waals surface area contributed by atoms with Crippen molar-refractivity contribution in [1.82, 2.24) is 0 Å². The molecule has 1 aliphatic carbocycles. The summed E-state index contributed by atoms with van der Waals surface area (Å²) in [5.41, 5.74) is 5.49. The van der Waals surface area contributed by atoms with Crippen LogP contribution in [0.5, 0.6) is 0 Å². The molecule has 1 saturated carbocycles. The number of hydrogen-bond acceptors (Lipinski definition) is 1. The molecule has 2 heteroatoms. The average molecular weight is 155 g/mol. The molecule has 0 aromatic carbocycles. The van der Waals surface area contributed by atoms with E-state index in [4.69, 9.17) is 5.73 Å². The van der Waals surface area contributed by atoms with Crippen LogP contribution in [0.15, 0.2) is 0 Å². The lowest BCUT2D eigenvalue weighted by Gasteiger charge is -2.43. The molecule has 0 bridgehead atoms. The minimum Gasteiger partial charge on any atom is -0.369 e. The quantitative estimate of drug-likeness (QED) is 0.613. The van der Waals surface area contributed by atoms with Crippen molar-refractivity contribution >= 4 is 5.91 Å². The minimum atomic E-state index is -0.115. The monoisotopic (exact) mass is 155 g/mol. The average Bonchev–Trinajstić information content (AvgIpc) is 1.51. The van der Waals surface area contributed by atoms with Gasteiger partial charge < -0.3 is 5.73 Å². The molecular weight excluding hydrogens is 138 g/mol. The SMILES string of the molecule is CC(C)(C)C1CC[C@H]1C(N)=O. The van der Waals surface area contributed by atoms with E-state index in [0.717, 1.165) is 12.8 Å². The normalized spacial score (nSPS) is 31.2. The number of primary amides is 1. The Labute approximate surface area is 68.2 Å². The van der Waals surface area contributed by atoms with Crippen molar-refractivity contribution in [1.29, 1.82) is 0 Å². The van der Waals surface area contributed by atoms with E-state index >= 15 is 0 Å². The summed E-state index contributed by atoms with van der Waals surface area (Å²) < 4.78 is 0. The Bertz CT molecular complexity index is 169. The second-order valence-corrected chi connectivity index (χ2v) is 4.56. The first kappa shape index (κ1) is 8.57. The molecule has 0 aliphatic heterocycles. The molecule has 0 saturated heterocycles. The largest absolute Gasteiger partial charge is 0.369 e. The second-order valence-electron chi connectivity index (χ2n) is 4.56. The van der Waals surface area contributed by atoms with Crippen LogP contribution >= 0.6 is 0 Å². The smallest absolute Gasteiger partial charge is 0.220 e. The number of rotatable bonds is 1. The maximum Gasteiger partial charge on any atom is 0.220 e. The van der Waals surface area contributed by atoms with Gasteiger partial charge in [-0.1, -0.05) is 20.8 Å². The first-order valence-corrected chi connectivity index (χ1v) is 4.22. The Balaban J connectivity index is 2.57. The summed E-state index contributed by atoms with van der Waals surface area (Å²) in [7, 11) is 0. The van der Waals surface area contributed by atoms with E-state index in [0.29, 0.717) is 5.92 Å². The Morgan fingerprint density at radius 2 is 1.91 bits per heavy atom. The fourth-order valence-electron chi connectivity index (χ4n) is 1.88. The van der Waals surface area contributed by atoms with Gasteiger partial charge in [-0.05, 0) is 24.2 Å². The molecule has 2 N–H and O–H groups in total. The Hall–Kier alpha value is -0.530. The van der Waals surface area contributed by atoms with E-state index < -0.39 is 0 Å². The van der Waals surface area contributed by atoms with Gasteiger partial charge in [-0.3, -0.25) is 4.79 Å². The first-order valence-electron chi connectivity index (χ1n) is 4.22. The summed E-state index contributed by atoms with van der Waals surface area (Å²) in [6, 6.07) is 0. The summed E-state index contributed by atoms with van der Waals surface area (Å²) in [6.07, 6.45) is 2.16. The number of amides is 1. The van der Waals surface area contributed by atoms with Crippen molar-refractivity contribution < 1.29 is 4.79 Å². The van der Waals surface area contributed by atoms with Crippen LogP contribution in [-0.2, 0) is 4.79 Å². The lowest BCUT2D eigenvalue weighted by molar-refractivity contribution is -0.130. The molecule has 0 aromatic rings. The van der Waals surface area contributed by atoms with Crippen LogP contribution in [0.25, 0.3) is 0 Å². The van der Waals surface area contributed by atoms with Crippen LogP contribution in [0.3, 0.4) is 0 Å². The Morgan fingerprint density at radius 3 is 2.00 bits per heavy atom. The number of hydrogen-bond donors (Lipinski definition) is 1. The van der Waals surface area contributed by atoms with Crippen molar-refractivity contribution in [3.8, 4) is 0 Å². The van der Waals surface area contributed by atoms with Crippen LogP contribution in [-0.4, -0.2) is 5.91 Å². The van der Waals surface area contributed by atoms with Crippen molar-refractivity contribution in [2.75, 3.05) is 0 Å². The van der Waals surface area contributed by atoms with E-state index in [1.54, 1.807) is 0 Å². The first-order chi connectivity index (χ1) is 4.93. The highest BCUT2D eigenvalue weighted by Gasteiger charge is 2.41. The van der Waals surface area contributed by atoms with E-state index in [-0.39, 0.29) is 17.2 Å². The minimum absolute atomic E-state index is 0.115. The van der Waals surface area contributed by atoms with Crippen LogP contribution in [0.1, 0.15) is 33.6 Å². The summed E-state index contributed by atoms with van der Waals surface area (Å²) in [6.45, 7) is 6.52. The van der Waals surface area contributed by atoms with Crippen molar-refractivity contribution in [2.45, 2.75) is 33.6 Å². The highest BCUT2D eigenvalue weighted by atomic mass is 16.1. The second kappa shape index (κ2) is 2.50.